The third-order valence-corrected chi connectivity index (χ3v) is 9.43. The maximum absolute atomic E-state index is 12.6. The van der Waals surface area contributed by atoms with Crippen LogP contribution in [0.3, 0.4) is 0 Å². The van der Waals surface area contributed by atoms with Gasteiger partial charge in [-0.15, -0.1) is 0 Å². The highest BCUT2D eigenvalue weighted by molar-refractivity contribution is 5.91. The van der Waals surface area contributed by atoms with Gasteiger partial charge in [0.2, 0.25) is 0 Å². The number of allylic oxidation sites excluding steroid dienone is 1. The zero-order valence-electron chi connectivity index (χ0n) is 19.2. The van der Waals surface area contributed by atoms with Crippen LogP contribution in [0.2, 0.25) is 0 Å². The van der Waals surface area contributed by atoms with E-state index in [4.69, 9.17) is 9.84 Å². The zero-order valence-corrected chi connectivity index (χ0v) is 19.2. The summed E-state index contributed by atoms with van der Waals surface area (Å²) < 4.78 is 5.96. The fourth-order valence-electron chi connectivity index (χ4n) is 7.78. The summed E-state index contributed by atoms with van der Waals surface area (Å²) in [5, 5.41) is 20.4. The molecule has 0 heterocycles. The molecule has 32 heavy (non-hydrogen) atoms. The third kappa shape index (κ3) is 3.35. The average Bonchev–Trinajstić information content (AvgIpc) is 2.98. The number of fused-ring (bicyclic) bond motifs is 5. The summed E-state index contributed by atoms with van der Waals surface area (Å²) in [6.45, 7) is 5.55. The molecule has 176 valence electrons. The van der Waals surface area contributed by atoms with Crippen LogP contribution in [0.5, 0.6) is 0 Å². The smallest absolute Gasteiger partial charge is 0.306 e. The van der Waals surface area contributed by atoms with Crippen molar-refractivity contribution < 1.29 is 34.1 Å². The molecule has 4 rings (SSSR count). The molecule has 0 amide bonds. The zero-order chi connectivity index (χ0) is 23.5. The molecule has 0 bridgehead atoms. The van der Waals surface area contributed by atoms with Crippen molar-refractivity contribution in [1.29, 1.82) is 0 Å². The minimum absolute atomic E-state index is 0.0169. The first-order valence-corrected chi connectivity index (χ1v) is 11.8. The molecule has 3 fully saturated rings. The first kappa shape index (κ1) is 23.1. The van der Waals surface area contributed by atoms with Gasteiger partial charge < -0.3 is 14.9 Å². The molecule has 0 aliphatic heterocycles. The second-order valence-corrected chi connectivity index (χ2v) is 10.9. The van der Waals surface area contributed by atoms with Crippen LogP contribution < -0.4 is 0 Å². The molecule has 2 N–H and O–H groups in total. The molecule has 0 aromatic rings. The molecule has 4 aliphatic carbocycles. The van der Waals surface area contributed by atoms with E-state index in [9.17, 15) is 24.3 Å². The number of carboxylic acids is 1. The Hall–Kier alpha value is -2.02. The summed E-state index contributed by atoms with van der Waals surface area (Å²) >= 11 is 0. The number of hydrogen-bond donors (Lipinski definition) is 2. The Morgan fingerprint density at radius 3 is 2.50 bits per heavy atom. The van der Waals surface area contributed by atoms with E-state index in [0.29, 0.717) is 25.7 Å². The largest absolute Gasteiger partial charge is 0.481 e. The lowest BCUT2D eigenvalue weighted by Crippen LogP contribution is -2.62. The first-order chi connectivity index (χ1) is 14.9. The number of carboxylic acid groups (broad SMARTS) is 1. The standard InChI is InChI=1S/C25H34O7/c1-14(26)25(31)11-9-18-17-5-4-15-12-16(27)8-10-23(15,2)22(17)19(13-24(18,25)3)32-21(30)7-6-20(28)29/h12,17-19,22,31H,4-11,13H2,1-3H3,(H,28,29)/t17?,18?,19-,22?,23+,24+,25+/m1/s1. The highest BCUT2D eigenvalue weighted by Crippen LogP contribution is 2.68. The van der Waals surface area contributed by atoms with E-state index in [-0.39, 0.29) is 47.6 Å². The summed E-state index contributed by atoms with van der Waals surface area (Å²) in [6.07, 6.45) is 5.04. The number of esters is 1. The van der Waals surface area contributed by atoms with Crippen molar-refractivity contribution in [2.75, 3.05) is 0 Å². The van der Waals surface area contributed by atoms with Crippen LogP contribution in [-0.4, -0.2) is 45.4 Å². The van der Waals surface area contributed by atoms with E-state index in [1.165, 1.54) is 6.92 Å². The average molecular weight is 447 g/mol. The van der Waals surface area contributed by atoms with Crippen LogP contribution in [-0.2, 0) is 23.9 Å². The SMILES string of the molecule is CC(=O)[C@@]1(O)CCC2C3CCC4=CC(=O)CC[C@]4(C)C3[C@H](OC(=O)CCC(=O)O)C[C@@]21C. The van der Waals surface area contributed by atoms with Gasteiger partial charge in [-0.05, 0) is 68.8 Å². The van der Waals surface area contributed by atoms with Crippen LogP contribution in [0, 0.1) is 28.6 Å². The second-order valence-electron chi connectivity index (χ2n) is 10.9. The van der Waals surface area contributed by atoms with E-state index >= 15 is 0 Å². The first-order valence-electron chi connectivity index (χ1n) is 11.8. The summed E-state index contributed by atoms with van der Waals surface area (Å²) in [4.78, 5) is 48.2. The lowest BCUT2D eigenvalue weighted by atomic mass is 9.45. The number of Topliss-reactive ketones (excluding diaryl/α,β-unsaturated/α-hetero) is 1. The number of aliphatic carboxylic acids is 1. The Balaban J connectivity index is 1.73. The van der Waals surface area contributed by atoms with E-state index < -0.39 is 29.1 Å². The number of ketones is 2. The van der Waals surface area contributed by atoms with Crippen molar-refractivity contribution in [1.82, 2.24) is 0 Å². The van der Waals surface area contributed by atoms with Crippen molar-refractivity contribution in [2.24, 2.45) is 28.6 Å². The second kappa shape index (κ2) is 7.79. The topological polar surface area (TPSA) is 118 Å². The number of ether oxygens (including phenoxy) is 1. The molecule has 4 aliphatic rings. The van der Waals surface area contributed by atoms with Gasteiger partial charge in [0.05, 0.1) is 12.8 Å². The van der Waals surface area contributed by atoms with Gasteiger partial charge >= 0.3 is 11.9 Å². The highest BCUT2D eigenvalue weighted by Gasteiger charge is 2.68. The maximum atomic E-state index is 12.6. The molecule has 7 nitrogen and oxygen atoms in total. The molecule has 0 spiro atoms. The number of hydrogen-bond acceptors (Lipinski definition) is 6. The van der Waals surface area contributed by atoms with Gasteiger partial charge in [-0.1, -0.05) is 19.4 Å². The molecule has 0 saturated heterocycles. The Morgan fingerprint density at radius 2 is 1.84 bits per heavy atom. The van der Waals surface area contributed by atoms with Crippen molar-refractivity contribution in [3.05, 3.63) is 11.6 Å². The predicted molar refractivity (Wildman–Crippen MR) is 114 cm³/mol. The molecule has 7 atom stereocenters. The Kier molecular flexibility index (Phi) is 5.63. The van der Waals surface area contributed by atoms with Gasteiger partial charge in [-0.3, -0.25) is 19.2 Å². The van der Waals surface area contributed by atoms with Crippen LogP contribution in [0.4, 0.5) is 0 Å². The number of rotatable bonds is 5. The van der Waals surface area contributed by atoms with Gasteiger partial charge in [-0.25, -0.2) is 0 Å². The van der Waals surface area contributed by atoms with E-state index in [1.54, 1.807) is 6.08 Å². The monoisotopic (exact) mass is 446 g/mol. The van der Waals surface area contributed by atoms with Gasteiger partial charge in [0.25, 0.3) is 0 Å². The Bertz CT molecular complexity index is 891. The summed E-state index contributed by atoms with van der Waals surface area (Å²) in [5.74, 6) is -1.45. The molecule has 3 unspecified atom stereocenters. The summed E-state index contributed by atoms with van der Waals surface area (Å²) in [5.41, 5.74) is -1.33. The molecule has 3 saturated carbocycles. The number of carbonyl (C=O) groups excluding carboxylic acids is 3. The quantitative estimate of drug-likeness (QED) is 0.623. The van der Waals surface area contributed by atoms with Crippen LogP contribution in [0.15, 0.2) is 11.6 Å². The maximum Gasteiger partial charge on any atom is 0.306 e. The molecule has 7 heteroatoms. The van der Waals surface area contributed by atoms with E-state index in [0.717, 1.165) is 24.8 Å². The molecule has 0 radical (unpaired) electrons. The predicted octanol–water partition coefficient (Wildman–Crippen LogP) is 3.22. The van der Waals surface area contributed by atoms with Gasteiger partial charge in [0.15, 0.2) is 11.6 Å². The normalized spacial score (nSPS) is 42.9. The third-order valence-electron chi connectivity index (χ3n) is 9.43. The minimum Gasteiger partial charge on any atom is -0.481 e. The van der Waals surface area contributed by atoms with Gasteiger partial charge in [0.1, 0.15) is 11.7 Å². The van der Waals surface area contributed by atoms with Gasteiger partial charge in [-0.2, -0.15) is 0 Å². The minimum atomic E-state index is -1.45. The van der Waals surface area contributed by atoms with Crippen LogP contribution in [0.1, 0.15) is 78.6 Å². The van der Waals surface area contributed by atoms with Crippen LogP contribution in [0.25, 0.3) is 0 Å². The summed E-state index contributed by atoms with van der Waals surface area (Å²) in [6, 6.07) is 0. The molecule has 0 aromatic carbocycles. The Morgan fingerprint density at radius 1 is 1.12 bits per heavy atom. The highest BCUT2D eigenvalue weighted by atomic mass is 16.5. The van der Waals surface area contributed by atoms with E-state index in [2.05, 4.69) is 6.92 Å². The van der Waals surface area contributed by atoms with Crippen molar-refractivity contribution in [3.8, 4) is 0 Å². The van der Waals surface area contributed by atoms with Crippen molar-refractivity contribution >= 4 is 23.5 Å². The molecular formula is C25H34O7. The number of aliphatic hydroxyl groups is 1. The fourth-order valence-corrected chi connectivity index (χ4v) is 7.78. The van der Waals surface area contributed by atoms with Crippen molar-refractivity contribution in [3.63, 3.8) is 0 Å². The summed E-state index contributed by atoms with van der Waals surface area (Å²) in [7, 11) is 0. The number of carbonyl (C=O) groups is 4. The lowest BCUT2D eigenvalue weighted by Gasteiger charge is -2.60. The molecular weight excluding hydrogens is 412 g/mol. The molecule has 0 aromatic heterocycles. The van der Waals surface area contributed by atoms with Crippen molar-refractivity contribution in [2.45, 2.75) is 90.3 Å². The lowest BCUT2D eigenvalue weighted by molar-refractivity contribution is -0.195. The fraction of sp³-hybridized carbons (Fsp3) is 0.760. The van der Waals surface area contributed by atoms with Gasteiger partial charge in [0, 0.05) is 17.8 Å². The van der Waals surface area contributed by atoms with Crippen LogP contribution >= 0.6 is 0 Å². The Labute approximate surface area is 188 Å². The van der Waals surface area contributed by atoms with E-state index in [1.807, 2.05) is 6.92 Å².